The van der Waals surface area contributed by atoms with Crippen LogP contribution in [0.25, 0.3) is 0 Å². The summed E-state index contributed by atoms with van der Waals surface area (Å²) in [7, 11) is 1.69. The quantitative estimate of drug-likeness (QED) is 0.727. The highest BCUT2D eigenvalue weighted by Crippen LogP contribution is 2.06. The van der Waals surface area contributed by atoms with Crippen molar-refractivity contribution in [1.82, 2.24) is 20.4 Å². The first-order chi connectivity index (χ1) is 10.1. The number of hydrogen-bond donors (Lipinski definition) is 3. The molecule has 1 aromatic heterocycles. The van der Waals surface area contributed by atoms with Crippen LogP contribution < -0.4 is 10.6 Å². The lowest BCUT2D eigenvalue weighted by atomic mass is 10.2. The van der Waals surface area contributed by atoms with Crippen molar-refractivity contribution in [2.75, 3.05) is 6.54 Å². The van der Waals surface area contributed by atoms with Crippen molar-refractivity contribution in [1.29, 1.82) is 0 Å². The van der Waals surface area contributed by atoms with E-state index in [1.165, 1.54) is 10.7 Å². The van der Waals surface area contributed by atoms with Gasteiger partial charge in [0.05, 0.1) is 5.69 Å². The van der Waals surface area contributed by atoms with Gasteiger partial charge in [-0.2, -0.15) is 5.10 Å². The molecule has 8 nitrogen and oxygen atoms in total. The Labute approximate surface area is 129 Å². The van der Waals surface area contributed by atoms with Gasteiger partial charge in [-0.25, -0.2) is 9.59 Å². The maximum atomic E-state index is 11.5. The van der Waals surface area contributed by atoms with Crippen molar-refractivity contribution >= 4 is 12.1 Å². The van der Waals surface area contributed by atoms with E-state index < -0.39 is 17.7 Å². The number of hydrogen-bond acceptors (Lipinski definition) is 5. The van der Waals surface area contributed by atoms with Gasteiger partial charge in [-0.05, 0) is 33.8 Å². The number of carboxylic acid groups (broad SMARTS) is 1. The molecule has 0 saturated carbocycles. The van der Waals surface area contributed by atoms with Crippen LogP contribution in [-0.4, -0.2) is 45.1 Å². The van der Waals surface area contributed by atoms with Gasteiger partial charge in [0.1, 0.15) is 5.60 Å². The van der Waals surface area contributed by atoms with E-state index in [1.54, 1.807) is 27.8 Å². The number of aromatic nitrogens is 2. The number of carboxylic acids is 1. The molecule has 0 bridgehead atoms. The van der Waals surface area contributed by atoms with Crippen LogP contribution in [0.2, 0.25) is 0 Å². The number of aryl methyl sites for hydroxylation is 1. The molecule has 0 aliphatic rings. The SMILES string of the molecule is CC(CNC(=O)OC(C)(C)C)NCc1cc(C(=O)O)nn1C. The Morgan fingerprint density at radius 3 is 2.59 bits per heavy atom. The van der Waals surface area contributed by atoms with Gasteiger partial charge in [-0.1, -0.05) is 0 Å². The highest BCUT2D eigenvalue weighted by atomic mass is 16.6. The summed E-state index contributed by atoms with van der Waals surface area (Å²) in [5.74, 6) is -1.05. The van der Waals surface area contributed by atoms with Crippen LogP contribution in [0.3, 0.4) is 0 Å². The van der Waals surface area contributed by atoms with Gasteiger partial charge in [0.2, 0.25) is 0 Å². The Balaban J connectivity index is 2.39. The van der Waals surface area contributed by atoms with Crippen molar-refractivity contribution < 1.29 is 19.4 Å². The molecule has 0 radical (unpaired) electrons. The molecule has 0 spiro atoms. The monoisotopic (exact) mass is 312 g/mol. The van der Waals surface area contributed by atoms with Crippen LogP contribution in [0.5, 0.6) is 0 Å². The number of rotatable bonds is 6. The van der Waals surface area contributed by atoms with Crippen molar-refractivity contribution in [2.24, 2.45) is 7.05 Å². The first-order valence-corrected chi connectivity index (χ1v) is 7.05. The maximum absolute atomic E-state index is 11.5. The highest BCUT2D eigenvalue weighted by Gasteiger charge is 2.16. The Kier molecular flexibility index (Phi) is 5.92. The zero-order valence-corrected chi connectivity index (χ0v) is 13.6. The Morgan fingerprint density at radius 2 is 2.09 bits per heavy atom. The zero-order chi connectivity index (χ0) is 16.9. The van der Waals surface area contributed by atoms with E-state index >= 15 is 0 Å². The molecule has 8 heteroatoms. The molecule has 1 atom stereocenters. The molecule has 1 amide bonds. The van der Waals surface area contributed by atoms with Gasteiger partial charge in [0, 0.05) is 26.2 Å². The smallest absolute Gasteiger partial charge is 0.407 e. The van der Waals surface area contributed by atoms with Gasteiger partial charge in [-0.15, -0.1) is 0 Å². The Morgan fingerprint density at radius 1 is 1.45 bits per heavy atom. The fourth-order valence-corrected chi connectivity index (χ4v) is 1.68. The first kappa shape index (κ1) is 18.0. The molecular formula is C14H24N4O4. The van der Waals surface area contributed by atoms with E-state index in [9.17, 15) is 9.59 Å². The Bertz CT molecular complexity index is 533. The van der Waals surface area contributed by atoms with Crippen molar-refractivity contribution in [3.8, 4) is 0 Å². The molecule has 1 unspecified atom stereocenters. The standard InChI is InChI=1S/C14H24N4O4/c1-9(7-16-13(21)22-14(2,3)4)15-8-10-6-11(12(19)20)17-18(10)5/h6,9,15H,7-8H2,1-5H3,(H,16,21)(H,19,20). The highest BCUT2D eigenvalue weighted by molar-refractivity contribution is 5.85. The third-order valence-corrected chi connectivity index (χ3v) is 2.78. The van der Waals surface area contributed by atoms with E-state index in [1.807, 2.05) is 6.92 Å². The third-order valence-electron chi connectivity index (χ3n) is 2.78. The lowest BCUT2D eigenvalue weighted by Crippen LogP contribution is -2.41. The predicted octanol–water partition coefficient (Wildman–Crippen LogP) is 1.12. The van der Waals surface area contributed by atoms with E-state index in [2.05, 4.69) is 15.7 Å². The minimum atomic E-state index is -1.05. The number of carbonyl (C=O) groups is 2. The van der Waals surface area contributed by atoms with Crippen molar-refractivity contribution in [2.45, 2.75) is 45.9 Å². The van der Waals surface area contributed by atoms with E-state index in [4.69, 9.17) is 9.84 Å². The molecule has 22 heavy (non-hydrogen) atoms. The van der Waals surface area contributed by atoms with Gasteiger partial charge in [0.25, 0.3) is 0 Å². The number of aromatic carboxylic acids is 1. The largest absolute Gasteiger partial charge is 0.476 e. The average Bonchev–Trinajstić information content (AvgIpc) is 2.73. The molecule has 0 aromatic carbocycles. The minimum absolute atomic E-state index is 0.00398. The second-order valence-corrected chi connectivity index (χ2v) is 6.11. The average molecular weight is 312 g/mol. The number of nitrogens with zero attached hydrogens (tertiary/aromatic N) is 2. The van der Waals surface area contributed by atoms with E-state index in [-0.39, 0.29) is 11.7 Å². The fraction of sp³-hybridized carbons (Fsp3) is 0.643. The molecule has 1 heterocycles. The number of carbonyl (C=O) groups excluding carboxylic acids is 1. The summed E-state index contributed by atoms with van der Waals surface area (Å²) in [6, 6.07) is 1.51. The van der Waals surface area contributed by atoms with Gasteiger partial charge in [-0.3, -0.25) is 4.68 Å². The fourth-order valence-electron chi connectivity index (χ4n) is 1.68. The summed E-state index contributed by atoms with van der Waals surface area (Å²) in [6.07, 6.45) is -0.463. The summed E-state index contributed by atoms with van der Waals surface area (Å²) >= 11 is 0. The summed E-state index contributed by atoms with van der Waals surface area (Å²) in [4.78, 5) is 22.4. The molecule has 0 aliphatic heterocycles. The van der Waals surface area contributed by atoms with Crippen molar-refractivity contribution in [3.05, 3.63) is 17.5 Å². The van der Waals surface area contributed by atoms with Crippen LogP contribution in [0, 0.1) is 0 Å². The topological polar surface area (TPSA) is 105 Å². The molecular weight excluding hydrogens is 288 g/mol. The summed E-state index contributed by atoms with van der Waals surface area (Å²) in [5.41, 5.74) is 0.239. The predicted molar refractivity (Wildman–Crippen MR) is 80.7 cm³/mol. The van der Waals surface area contributed by atoms with E-state index in [0.29, 0.717) is 13.1 Å². The first-order valence-electron chi connectivity index (χ1n) is 7.05. The number of alkyl carbamates (subject to hydrolysis) is 1. The molecule has 0 aliphatic carbocycles. The minimum Gasteiger partial charge on any atom is -0.476 e. The second-order valence-electron chi connectivity index (χ2n) is 6.11. The van der Waals surface area contributed by atoms with Gasteiger partial charge >= 0.3 is 12.1 Å². The molecule has 1 rings (SSSR count). The maximum Gasteiger partial charge on any atom is 0.407 e. The van der Waals surface area contributed by atoms with Crippen LogP contribution in [0.1, 0.15) is 43.9 Å². The summed E-state index contributed by atoms with van der Waals surface area (Å²) in [6.45, 7) is 8.17. The summed E-state index contributed by atoms with van der Waals surface area (Å²) < 4.78 is 6.66. The normalized spacial score (nSPS) is 12.8. The number of ether oxygens (including phenoxy) is 1. The lowest BCUT2D eigenvalue weighted by Gasteiger charge is -2.21. The molecule has 1 aromatic rings. The molecule has 0 saturated heterocycles. The van der Waals surface area contributed by atoms with Crippen molar-refractivity contribution in [3.63, 3.8) is 0 Å². The molecule has 124 valence electrons. The van der Waals surface area contributed by atoms with E-state index in [0.717, 1.165) is 5.69 Å². The van der Waals surface area contributed by atoms with Gasteiger partial charge < -0.3 is 20.5 Å². The van der Waals surface area contributed by atoms with Crippen LogP contribution in [0.15, 0.2) is 6.07 Å². The lowest BCUT2D eigenvalue weighted by molar-refractivity contribution is 0.0522. The summed E-state index contributed by atoms with van der Waals surface area (Å²) in [5, 5.41) is 18.6. The van der Waals surface area contributed by atoms with Crippen LogP contribution >= 0.6 is 0 Å². The number of amides is 1. The third kappa shape index (κ3) is 6.13. The molecule has 3 N–H and O–H groups in total. The van der Waals surface area contributed by atoms with Crippen LogP contribution in [0.4, 0.5) is 4.79 Å². The van der Waals surface area contributed by atoms with Crippen LogP contribution in [-0.2, 0) is 18.3 Å². The number of nitrogens with one attached hydrogen (secondary N) is 2. The molecule has 0 fully saturated rings. The van der Waals surface area contributed by atoms with Gasteiger partial charge in [0.15, 0.2) is 5.69 Å². The Hall–Kier alpha value is -2.09. The zero-order valence-electron chi connectivity index (χ0n) is 13.6. The second kappa shape index (κ2) is 7.26.